The summed E-state index contributed by atoms with van der Waals surface area (Å²) in [5.74, 6) is -0.701. The number of hydrogen-bond acceptors (Lipinski definition) is 3. The monoisotopic (exact) mass is 387 g/mol. The lowest BCUT2D eigenvalue weighted by atomic mass is 9.98. The Morgan fingerprint density at radius 3 is 2.47 bits per heavy atom. The van der Waals surface area contributed by atoms with E-state index in [1.54, 1.807) is 25.1 Å². The first kappa shape index (κ1) is 14.1. The number of furan rings is 1. The smallest absolute Gasteiger partial charge is 0.337 e. The summed E-state index contributed by atoms with van der Waals surface area (Å²) in [6, 6.07) is 10.6. The zero-order chi connectivity index (χ0) is 14.0. The molecule has 1 aromatic heterocycles. The second-order valence-electron chi connectivity index (χ2n) is 4.14. The lowest BCUT2D eigenvalue weighted by Gasteiger charge is -2.25. The van der Waals surface area contributed by atoms with Gasteiger partial charge in [0.2, 0.25) is 0 Å². The summed E-state index contributed by atoms with van der Waals surface area (Å²) in [5.41, 5.74) is -0.671. The van der Waals surface area contributed by atoms with Crippen LogP contribution in [0.5, 0.6) is 0 Å². The number of rotatable bonds is 4. The number of anilines is 1. The Labute approximate surface area is 127 Å². The zero-order valence-electron chi connectivity index (χ0n) is 9.98. The van der Waals surface area contributed by atoms with Gasteiger partial charge in [0.25, 0.3) is 0 Å². The first-order valence-electron chi connectivity index (χ1n) is 5.45. The Balaban J connectivity index is 2.41. The molecule has 2 rings (SSSR count). The summed E-state index contributed by atoms with van der Waals surface area (Å²) in [6.45, 7) is 1.56. The molecule has 0 radical (unpaired) electrons. The van der Waals surface area contributed by atoms with Gasteiger partial charge in [-0.25, -0.2) is 4.79 Å². The van der Waals surface area contributed by atoms with Crippen molar-refractivity contribution in [2.75, 3.05) is 5.32 Å². The first-order valence-corrected chi connectivity index (χ1v) is 7.04. The third-order valence-corrected chi connectivity index (χ3v) is 3.87. The molecule has 0 saturated heterocycles. The Bertz CT molecular complexity index is 611. The maximum absolute atomic E-state index is 11.6. The third kappa shape index (κ3) is 2.84. The Hall–Kier alpha value is -1.27. The molecular formula is C13H11Br2NO3. The van der Waals surface area contributed by atoms with Crippen molar-refractivity contribution in [2.24, 2.45) is 0 Å². The molecule has 0 aliphatic heterocycles. The largest absolute Gasteiger partial charge is 0.479 e. The third-order valence-electron chi connectivity index (χ3n) is 2.75. The van der Waals surface area contributed by atoms with Crippen LogP contribution in [-0.4, -0.2) is 11.1 Å². The fourth-order valence-electron chi connectivity index (χ4n) is 1.64. The number of carboxylic acid groups (broad SMARTS) is 1. The van der Waals surface area contributed by atoms with Crippen molar-refractivity contribution in [3.63, 3.8) is 0 Å². The van der Waals surface area contributed by atoms with E-state index in [1.807, 2.05) is 18.2 Å². The maximum atomic E-state index is 11.6. The molecule has 6 heteroatoms. The minimum Gasteiger partial charge on any atom is -0.479 e. The van der Waals surface area contributed by atoms with Crippen LogP contribution in [0.4, 0.5) is 5.69 Å². The average molecular weight is 389 g/mol. The highest BCUT2D eigenvalue weighted by molar-refractivity contribution is 9.10. The van der Waals surface area contributed by atoms with Crippen molar-refractivity contribution >= 4 is 43.5 Å². The molecule has 2 N–H and O–H groups in total. The van der Waals surface area contributed by atoms with Gasteiger partial charge in [0.15, 0.2) is 10.2 Å². The molecule has 1 atom stereocenters. The topological polar surface area (TPSA) is 62.5 Å². The van der Waals surface area contributed by atoms with Crippen LogP contribution < -0.4 is 5.32 Å². The highest BCUT2D eigenvalue weighted by atomic mass is 79.9. The van der Waals surface area contributed by atoms with E-state index in [1.165, 1.54) is 0 Å². The van der Waals surface area contributed by atoms with Crippen molar-refractivity contribution in [3.05, 3.63) is 51.3 Å². The van der Waals surface area contributed by atoms with E-state index >= 15 is 0 Å². The molecule has 100 valence electrons. The van der Waals surface area contributed by atoms with Gasteiger partial charge in [0, 0.05) is 10.2 Å². The standard InChI is InChI=1S/C13H11Br2NO3/c1-13(12(17)18,10-6-7-11(15)19-10)16-9-5-3-2-4-8(9)14/h2-7,16H,1H3,(H,17,18). The van der Waals surface area contributed by atoms with Crippen LogP contribution in [0, 0.1) is 0 Å². The second kappa shape index (κ2) is 5.38. The van der Waals surface area contributed by atoms with Crippen LogP contribution in [0.1, 0.15) is 12.7 Å². The molecule has 1 aromatic carbocycles. The summed E-state index contributed by atoms with van der Waals surface area (Å²) in [5, 5.41) is 12.5. The number of carbonyl (C=O) groups is 1. The number of carboxylic acids is 1. The van der Waals surface area contributed by atoms with Crippen molar-refractivity contribution in [1.82, 2.24) is 0 Å². The van der Waals surface area contributed by atoms with E-state index in [0.29, 0.717) is 16.1 Å². The van der Waals surface area contributed by atoms with Gasteiger partial charge < -0.3 is 14.8 Å². The van der Waals surface area contributed by atoms with Crippen LogP contribution in [0.3, 0.4) is 0 Å². The van der Waals surface area contributed by atoms with Crippen LogP contribution in [0.15, 0.2) is 50.0 Å². The maximum Gasteiger partial charge on any atom is 0.337 e. The normalized spacial score (nSPS) is 13.8. The minimum atomic E-state index is -1.35. The number of hydrogen-bond donors (Lipinski definition) is 2. The molecule has 0 saturated carbocycles. The average Bonchev–Trinajstić information content (AvgIpc) is 2.79. The number of aliphatic carboxylic acids is 1. The highest BCUT2D eigenvalue weighted by Gasteiger charge is 2.38. The fraction of sp³-hybridized carbons (Fsp3) is 0.154. The lowest BCUT2D eigenvalue weighted by Crippen LogP contribution is -2.40. The van der Waals surface area contributed by atoms with Gasteiger partial charge in [-0.15, -0.1) is 0 Å². The summed E-state index contributed by atoms with van der Waals surface area (Å²) < 4.78 is 6.66. The summed E-state index contributed by atoms with van der Waals surface area (Å²) in [7, 11) is 0. The van der Waals surface area contributed by atoms with E-state index in [0.717, 1.165) is 4.47 Å². The predicted octanol–water partition coefficient (Wildman–Crippen LogP) is 4.22. The van der Waals surface area contributed by atoms with E-state index in [2.05, 4.69) is 37.2 Å². The molecule has 0 bridgehead atoms. The molecule has 4 nitrogen and oxygen atoms in total. The van der Waals surface area contributed by atoms with E-state index in [9.17, 15) is 9.90 Å². The van der Waals surface area contributed by atoms with Crippen molar-refractivity contribution in [2.45, 2.75) is 12.5 Å². The van der Waals surface area contributed by atoms with Gasteiger partial charge in [-0.2, -0.15) is 0 Å². The molecule has 0 fully saturated rings. The van der Waals surface area contributed by atoms with Gasteiger partial charge >= 0.3 is 5.97 Å². The lowest BCUT2D eigenvalue weighted by molar-refractivity contribution is -0.142. The van der Waals surface area contributed by atoms with Crippen molar-refractivity contribution in [3.8, 4) is 0 Å². The number of halogens is 2. The molecule has 1 unspecified atom stereocenters. The van der Waals surface area contributed by atoms with Gasteiger partial charge in [-0.1, -0.05) is 12.1 Å². The molecule has 0 aliphatic carbocycles. The molecular weight excluding hydrogens is 378 g/mol. The van der Waals surface area contributed by atoms with Crippen LogP contribution >= 0.6 is 31.9 Å². The van der Waals surface area contributed by atoms with E-state index < -0.39 is 11.5 Å². The number of para-hydroxylation sites is 1. The molecule has 0 aliphatic rings. The van der Waals surface area contributed by atoms with Crippen LogP contribution in [0.25, 0.3) is 0 Å². The first-order chi connectivity index (χ1) is 8.93. The highest BCUT2D eigenvalue weighted by Crippen LogP contribution is 2.32. The molecule has 19 heavy (non-hydrogen) atoms. The Morgan fingerprint density at radius 2 is 1.95 bits per heavy atom. The Kier molecular flexibility index (Phi) is 4.01. The minimum absolute atomic E-state index is 0.322. The predicted molar refractivity (Wildman–Crippen MR) is 79.2 cm³/mol. The van der Waals surface area contributed by atoms with Crippen molar-refractivity contribution in [1.29, 1.82) is 0 Å². The SMILES string of the molecule is CC(Nc1ccccc1Br)(C(=O)O)c1ccc(Br)o1. The van der Waals surface area contributed by atoms with Gasteiger partial charge in [-0.05, 0) is 63.0 Å². The summed E-state index contributed by atoms with van der Waals surface area (Å²) >= 11 is 6.56. The fourth-order valence-corrected chi connectivity index (χ4v) is 2.33. The van der Waals surface area contributed by atoms with E-state index in [-0.39, 0.29) is 0 Å². The zero-order valence-corrected chi connectivity index (χ0v) is 13.2. The molecule has 0 amide bonds. The van der Waals surface area contributed by atoms with Gasteiger partial charge in [0.05, 0.1) is 0 Å². The molecule has 1 heterocycles. The molecule has 2 aromatic rings. The molecule has 0 spiro atoms. The number of nitrogens with one attached hydrogen (secondary N) is 1. The second-order valence-corrected chi connectivity index (χ2v) is 5.77. The van der Waals surface area contributed by atoms with Gasteiger partial charge in [-0.3, -0.25) is 0 Å². The van der Waals surface area contributed by atoms with Crippen molar-refractivity contribution < 1.29 is 14.3 Å². The quantitative estimate of drug-likeness (QED) is 0.823. The summed E-state index contributed by atoms with van der Waals surface area (Å²) in [4.78, 5) is 11.6. The Morgan fingerprint density at radius 1 is 1.26 bits per heavy atom. The number of benzene rings is 1. The van der Waals surface area contributed by atoms with Crippen LogP contribution in [0.2, 0.25) is 0 Å². The van der Waals surface area contributed by atoms with E-state index in [4.69, 9.17) is 4.42 Å². The summed E-state index contributed by atoms with van der Waals surface area (Å²) in [6.07, 6.45) is 0. The van der Waals surface area contributed by atoms with Gasteiger partial charge in [0.1, 0.15) is 5.76 Å². The van der Waals surface area contributed by atoms with Crippen LogP contribution in [-0.2, 0) is 10.3 Å².